The molecule has 0 radical (unpaired) electrons. The van der Waals surface area contributed by atoms with E-state index in [1.807, 2.05) is 33.0 Å². The molecule has 200 valence electrons. The largest absolute Gasteiger partial charge is 0.414 e. The van der Waals surface area contributed by atoms with E-state index in [-0.39, 0.29) is 34.0 Å². The minimum absolute atomic E-state index is 0.230. The fraction of sp³-hybridized carbons (Fsp3) is 0.857. The number of urea groups is 1. The Kier molecular flexibility index (Phi) is 12.7. The number of aliphatic hydroxyl groups excluding tert-OH is 1. The number of carbonyl (C=O) groups is 2. The molecule has 0 unspecified atom stereocenters. The van der Waals surface area contributed by atoms with E-state index in [1.54, 1.807) is 41.5 Å². The Hall–Kier alpha value is -1.26. The third-order valence-electron chi connectivity index (χ3n) is 5.63. The molecule has 9 nitrogen and oxygen atoms in total. The van der Waals surface area contributed by atoms with Gasteiger partial charge in [-0.1, -0.05) is 69.2 Å². The Labute approximate surface area is 204 Å². The first-order chi connectivity index (χ1) is 15.3. The average molecular weight is 528 g/mol. The normalized spacial score (nSPS) is 14.7. The summed E-state index contributed by atoms with van der Waals surface area (Å²) in [4.78, 5) is 37.8. The SMILES string of the molecule is CC(C)C(=O)N/C=N/C(=O)NCC(F)(F)[C@H](O)O[Si](O[Si](O)(C(C)C)C(C)C)(C(C)C)C(C)C. The number of aliphatic hydroxyl groups is 1. The lowest BCUT2D eigenvalue weighted by Crippen LogP contribution is -2.63. The van der Waals surface area contributed by atoms with Gasteiger partial charge >= 0.3 is 29.1 Å². The molecule has 0 spiro atoms. The minimum Gasteiger partial charge on any atom is -0.414 e. The number of carbonyl (C=O) groups excluding carboxylic acids is 2. The molecule has 0 aromatic rings. The van der Waals surface area contributed by atoms with Gasteiger partial charge in [0.05, 0.1) is 6.54 Å². The maximum absolute atomic E-state index is 14.7. The molecule has 4 N–H and O–H groups in total. The van der Waals surface area contributed by atoms with Gasteiger partial charge in [0.1, 0.15) is 6.34 Å². The van der Waals surface area contributed by atoms with Crippen molar-refractivity contribution in [2.45, 2.75) is 104 Å². The van der Waals surface area contributed by atoms with Crippen LogP contribution in [-0.4, -0.2) is 64.1 Å². The Morgan fingerprint density at radius 1 is 0.971 bits per heavy atom. The van der Waals surface area contributed by atoms with Crippen molar-refractivity contribution >= 4 is 35.4 Å². The molecule has 13 heteroatoms. The summed E-state index contributed by atoms with van der Waals surface area (Å²) in [7, 11) is -7.00. The van der Waals surface area contributed by atoms with Gasteiger partial charge in [0.2, 0.25) is 12.2 Å². The molecule has 0 saturated carbocycles. The Morgan fingerprint density at radius 2 is 1.44 bits per heavy atom. The van der Waals surface area contributed by atoms with Crippen LogP contribution in [0.4, 0.5) is 13.6 Å². The smallest absolute Gasteiger partial charge is 0.342 e. The molecule has 0 aliphatic rings. The number of alkyl halides is 2. The van der Waals surface area contributed by atoms with Crippen LogP contribution in [0, 0.1) is 5.92 Å². The van der Waals surface area contributed by atoms with Gasteiger partial charge in [-0.2, -0.15) is 13.8 Å². The lowest BCUT2D eigenvalue weighted by molar-refractivity contribution is -0.201. The molecule has 0 rings (SSSR count). The Balaban J connectivity index is 5.57. The summed E-state index contributed by atoms with van der Waals surface area (Å²) in [6, 6.07) is -1.12. The second-order valence-electron chi connectivity index (χ2n) is 10.0. The van der Waals surface area contributed by atoms with Crippen LogP contribution in [0.15, 0.2) is 4.99 Å². The summed E-state index contributed by atoms with van der Waals surface area (Å²) in [6.45, 7) is 16.3. The van der Waals surface area contributed by atoms with E-state index in [0.717, 1.165) is 6.34 Å². The lowest BCUT2D eigenvalue weighted by Gasteiger charge is -2.47. The molecule has 1 atom stereocenters. The van der Waals surface area contributed by atoms with Crippen LogP contribution in [-0.2, 0) is 13.3 Å². The topological polar surface area (TPSA) is 129 Å². The summed E-state index contributed by atoms with van der Waals surface area (Å²) in [5.41, 5.74) is -1.19. The van der Waals surface area contributed by atoms with Crippen molar-refractivity contribution in [3.05, 3.63) is 0 Å². The second kappa shape index (κ2) is 13.2. The van der Waals surface area contributed by atoms with E-state index >= 15 is 0 Å². The highest BCUT2D eigenvalue weighted by Gasteiger charge is 2.57. The van der Waals surface area contributed by atoms with Gasteiger partial charge in [-0.15, -0.1) is 0 Å². The lowest BCUT2D eigenvalue weighted by atomic mass is 10.2. The van der Waals surface area contributed by atoms with E-state index in [4.69, 9.17) is 8.54 Å². The Bertz CT molecular complexity index is 690. The molecular weight excluding hydrogens is 484 g/mol. The zero-order chi connectivity index (χ0) is 27.1. The van der Waals surface area contributed by atoms with Gasteiger partial charge in [0.15, 0.2) is 0 Å². The summed E-state index contributed by atoms with van der Waals surface area (Å²) in [6.07, 6.45) is -1.76. The molecule has 0 aliphatic carbocycles. The Morgan fingerprint density at radius 3 is 1.82 bits per heavy atom. The number of nitrogens with one attached hydrogen (secondary N) is 2. The second-order valence-corrected chi connectivity index (χ2v) is 18.6. The number of hydrogen-bond donors (Lipinski definition) is 4. The molecule has 34 heavy (non-hydrogen) atoms. The zero-order valence-corrected chi connectivity index (χ0v) is 24.0. The van der Waals surface area contributed by atoms with E-state index in [9.17, 15) is 28.3 Å². The molecule has 0 aliphatic heterocycles. The molecule has 0 aromatic carbocycles. The van der Waals surface area contributed by atoms with Crippen molar-refractivity contribution in [3.63, 3.8) is 0 Å². The van der Waals surface area contributed by atoms with Gasteiger partial charge in [0.25, 0.3) is 0 Å². The van der Waals surface area contributed by atoms with Gasteiger partial charge in [-0.3, -0.25) is 4.79 Å². The van der Waals surface area contributed by atoms with Crippen molar-refractivity contribution < 1.29 is 36.8 Å². The quantitative estimate of drug-likeness (QED) is 0.124. The molecule has 3 amide bonds. The van der Waals surface area contributed by atoms with Crippen molar-refractivity contribution in [1.29, 1.82) is 0 Å². The fourth-order valence-corrected chi connectivity index (χ4v) is 13.0. The van der Waals surface area contributed by atoms with Crippen molar-refractivity contribution in [2.75, 3.05) is 6.54 Å². The van der Waals surface area contributed by atoms with Gasteiger partial charge in [-0.25, -0.2) is 4.79 Å². The molecule has 0 heterocycles. The van der Waals surface area contributed by atoms with E-state index in [2.05, 4.69) is 10.3 Å². The van der Waals surface area contributed by atoms with Crippen LogP contribution in [0.25, 0.3) is 0 Å². The first kappa shape index (κ1) is 32.7. The highest BCUT2D eigenvalue weighted by atomic mass is 28.5. The van der Waals surface area contributed by atoms with Gasteiger partial charge < -0.3 is 29.1 Å². The van der Waals surface area contributed by atoms with Crippen LogP contribution in [0.1, 0.15) is 69.2 Å². The van der Waals surface area contributed by atoms with Crippen LogP contribution in [0.3, 0.4) is 0 Å². The zero-order valence-electron chi connectivity index (χ0n) is 22.0. The van der Waals surface area contributed by atoms with E-state index in [1.165, 1.54) is 0 Å². The summed E-state index contributed by atoms with van der Waals surface area (Å²) < 4.78 is 41.5. The number of aliphatic imine (C=N–C) groups is 1. The summed E-state index contributed by atoms with van der Waals surface area (Å²) >= 11 is 0. The molecule has 0 bridgehead atoms. The third-order valence-corrected chi connectivity index (χ3v) is 15.3. The van der Waals surface area contributed by atoms with Crippen LogP contribution in [0.2, 0.25) is 22.2 Å². The maximum Gasteiger partial charge on any atom is 0.342 e. The third kappa shape index (κ3) is 8.75. The monoisotopic (exact) mass is 527 g/mol. The van der Waals surface area contributed by atoms with Crippen LogP contribution < -0.4 is 10.6 Å². The minimum atomic E-state index is -3.87. The average Bonchev–Trinajstić information content (AvgIpc) is 2.70. The highest BCUT2D eigenvalue weighted by Crippen LogP contribution is 2.43. The van der Waals surface area contributed by atoms with Crippen LogP contribution in [0.5, 0.6) is 0 Å². The molecule has 0 fully saturated rings. The first-order valence-corrected chi connectivity index (χ1v) is 15.6. The number of hydrogen-bond acceptors (Lipinski definition) is 6. The predicted octanol–water partition coefficient (Wildman–Crippen LogP) is 4.00. The number of nitrogens with zero attached hydrogens (tertiary/aromatic N) is 1. The summed E-state index contributed by atoms with van der Waals surface area (Å²) in [5, 5.41) is 14.5. The fourth-order valence-electron chi connectivity index (χ4n) is 3.26. The van der Waals surface area contributed by atoms with E-state index < -0.39 is 41.9 Å². The predicted molar refractivity (Wildman–Crippen MR) is 132 cm³/mol. The maximum atomic E-state index is 14.7. The molecule has 0 aromatic heterocycles. The van der Waals surface area contributed by atoms with Crippen molar-refractivity contribution in [3.8, 4) is 0 Å². The number of rotatable bonds is 13. The van der Waals surface area contributed by atoms with Crippen LogP contribution >= 0.6 is 0 Å². The molecular formula is C21H43F2N3O6Si2. The van der Waals surface area contributed by atoms with Gasteiger partial charge in [-0.05, 0) is 22.2 Å². The highest BCUT2D eigenvalue weighted by molar-refractivity contribution is 6.83. The van der Waals surface area contributed by atoms with Crippen molar-refractivity contribution in [1.82, 2.24) is 10.6 Å². The van der Waals surface area contributed by atoms with Gasteiger partial charge in [0, 0.05) is 5.92 Å². The van der Waals surface area contributed by atoms with E-state index in [0.29, 0.717) is 0 Å². The first-order valence-electron chi connectivity index (χ1n) is 11.6. The standard InChI is InChI=1S/C21H43F2N3O6Si2/c1-13(2)18(27)25-12-26-20(29)24-11-21(22,23)19(28)31-34(16(7)8,17(9)10)32-33(30,14(3)4)15(5)6/h12-17,19,28,30H,11H2,1-10H3,(H2,24,25,26,27,29)/t19-/m1/s1. The molecule has 0 saturated heterocycles. The van der Waals surface area contributed by atoms with Crippen molar-refractivity contribution in [2.24, 2.45) is 10.9 Å². The summed E-state index contributed by atoms with van der Waals surface area (Å²) in [5.74, 6) is -4.60. The number of amides is 3. The number of halogens is 2.